The highest BCUT2D eigenvalue weighted by Gasteiger charge is 2.16. The number of aromatic nitrogens is 2. The summed E-state index contributed by atoms with van der Waals surface area (Å²) in [5, 5.41) is 10.7. The molecule has 21 heavy (non-hydrogen) atoms. The van der Waals surface area contributed by atoms with Crippen LogP contribution in [0.5, 0.6) is 11.5 Å². The van der Waals surface area contributed by atoms with Crippen LogP contribution in [0, 0.1) is 10.1 Å². The summed E-state index contributed by atoms with van der Waals surface area (Å²) in [4.78, 5) is 17.9. The number of benzene rings is 2. The van der Waals surface area contributed by atoms with Gasteiger partial charge < -0.3 is 14.5 Å². The van der Waals surface area contributed by atoms with Gasteiger partial charge >= 0.3 is 0 Å². The molecule has 7 heteroatoms. The summed E-state index contributed by atoms with van der Waals surface area (Å²) in [7, 11) is 0. The van der Waals surface area contributed by atoms with Gasteiger partial charge in [-0.3, -0.25) is 10.1 Å². The number of nitro groups is 1. The maximum absolute atomic E-state index is 10.7. The van der Waals surface area contributed by atoms with Gasteiger partial charge in [0.25, 0.3) is 5.69 Å². The minimum atomic E-state index is -0.429. The van der Waals surface area contributed by atoms with Crippen molar-refractivity contribution in [3.05, 3.63) is 46.5 Å². The molecule has 0 bridgehead atoms. The molecule has 0 saturated carbocycles. The molecule has 0 spiro atoms. The number of H-pyrrole nitrogens is 1. The molecule has 0 saturated heterocycles. The molecule has 4 rings (SSSR count). The number of nitrogens with one attached hydrogen (secondary N) is 1. The molecule has 2 heterocycles. The topological polar surface area (TPSA) is 90.3 Å². The molecule has 0 atom stereocenters. The Balaban J connectivity index is 1.78. The molecule has 0 amide bonds. The highest BCUT2D eigenvalue weighted by molar-refractivity contribution is 5.83. The molecular weight excluding hydrogens is 274 g/mol. The Morgan fingerprint density at radius 3 is 2.57 bits per heavy atom. The van der Waals surface area contributed by atoms with Crippen molar-refractivity contribution in [2.45, 2.75) is 0 Å². The van der Waals surface area contributed by atoms with Gasteiger partial charge in [-0.15, -0.1) is 0 Å². The Kier molecular flexibility index (Phi) is 2.34. The molecule has 7 nitrogen and oxygen atoms in total. The van der Waals surface area contributed by atoms with Crippen LogP contribution in [0.1, 0.15) is 0 Å². The standard InChI is InChI=1S/C14H9N3O4/c18-17(19)9-3-1-8(2-4-9)14-15-10-5-12-13(21-7-20-12)6-11(10)16-14/h1-6H,7H2,(H,15,16). The van der Waals surface area contributed by atoms with Gasteiger partial charge in [-0.1, -0.05) is 0 Å². The minimum absolute atomic E-state index is 0.0515. The van der Waals surface area contributed by atoms with E-state index in [1.807, 2.05) is 12.1 Å². The molecule has 0 aliphatic carbocycles. The first-order valence-corrected chi connectivity index (χ1v) is 6.25. The predicted octanol–water partition coefficient (Wildman–Crippen LogP) is 2.87. The van der Waals surface area contributed by atoms with Crippen molar-refractivity contribution >= 4 is 16.7 Å². The summed E-state index contributed by atoms with van der Waals surface area (Å²) >= 11 is 0. The molecule has 104 valence electrons. The Morgan fingerprint density at radius 2 is 1.86 bits per heavy atom. The van der Waals surface area contributed by atoms with Crippen molar-refractivity contribution < 1.29 is 14.4 Å². The van der Waals surface area contributed by atoms with E-state index in [1.165, 1.54) is 12.1 Å². The second kappa shape index (κ2) is 4.20. The van der Waals surface area contributed by atoms with E-state index in [-0.39, 0.29) is 12.5 Å². The maximum atomic E-state index is 10.7. The van der Waals surface area contributed by atoms with E-state index in [0.29, 0.717) is 17.3 Å². The van der Waals surface area contributed by atoms with E-state index in [9.17, 15) is 10.1 Å². The third-order valence-corrected chi connectivity index (χ3v) is 3.33. The van der Waals surface area contributed by atoms with Crippen molar-refractivity contribution in [3.8, 4) is 22.9 Å². The number of hydrogen-bond donors (Lipinski definition) is 1. The predicted molar refractivity (Wildman–Crippen MR) is 74.3 cm³/mol. The Labute approximate surface area is 118 Å². The Hall–Kier alpha value is -3.09. The van der Waals surface area contributed by atoms with E-state index >= 15 is 0 Å². The zero-order valence-corrected chi connectivity index (χ0v) is 10.7. The molecule has 0 radical (unpaired) electrons. The van der Waals surface area contributed by atoms with Crippen LogP contribution in [0.25, 0.3) is 22.4 Å². The third kappa shape index (κ3) is 1.86. The van der Waals surface area contributed by atoms with Gasteiger partial charge in [0.15, 0.2) is 11.5 Å². The zero-order chi connectivity index (χ0) is 14.4. The molecule has 1 aliphatic rings. The van der Waals surface area contributed by atoms with Crippen LogP contribution in [-0.2, 0) is 0 Å². The fraction of sp³-hybridized carbons (Fsp3) is 0.0714. The molecule has 0 fully saturated rings. The van der Waals surface area contributed by atoms with Gasteiger partial charge in [-0.05, 0) is 12.1 Å². The van der Waals surface area contributed by atoms with Gasteiger partial charge in [0.2, 0.25) is 6.79 Å². The summed E-state index contributed by atoms with van der Waals surface area (Å²) in [6.07, 6.45) is 0. The summed E-state index contributed by atoms with van der Waals surface area (Å²) in [6, 6.07) is 9.87. The van der Waals surface area contributed by atoms with E-state index in [2.05, 4.69) is 9.97 Å². The van der Waals surface area contributed by atoms with Crippen molar-refractivity contribution in [3.63, 3.8) is 0 Å². The number of non-ortho nitro benzene ring substituents is 1. The fourth-order valence-corrected chi connectivity index (χ4v) is 2.28. The lowest BCUT2D eigenvalue weighted by molar-refractivity contribution is -0.384. The molecular formula is C14H9N3O4. The molecule has 2 aromatic carbocycles. The maximum Gasteiger partial charge on any atom is 0.269 e. The number of aromatic amines is 1. The number of ether oxygens (including phenoxy) is 2. The largest absolute Gasteiger partial charge is 0.454 e. The second-order valence-corrected chi connectivity index (χ2v) is 4.61. The lowest BCUT2D eigenvalue weighted by Gasteiger charge is -1.95. The molecule has 1 aromatic heterocycles. The number of nitrogens with zero attached hydrogens (tertiary/aromatic N) is 2. The first-order chi connectivity index (χ1) is 10.2. The Morgan fingerprint density at radius 1 is 1.14 bits per heavy atom. The van der Waals surface area contributed by atoms with Gasteiger partial charge in [0, 0.05) is 29.8 Å². The third-order valence-electron chi connectivity index (χ3n) is 3.33. The number of imidazole rings is 1. The van der Waals surface area contributed by atoms with Gasteiger partial charge in [-0.2, -0.15) is 0 Å². The lowest BCUT2D eigenvalue weighted by Crippen LogP contribution is -1.92. The van der Waals surface area contributed by atoms with Crippen molar-refractivity contribution in [1.29, 1.82) is 0 Å². The lowest BCUT2D eigenvalue weighted by atomic mass is 10.2. The highest BCUT2D eigenvalue weighted by Crippen LogP contribution is 2.36. The molecule has 0 unspecified atom stereocenters. The molecule has 1 N–H and O–H groups in total. The van der Waals surface area contributed by atoms with Crippen LogP contribution in [-0.4, -0.2) is 21.7 Å². The molecule has 1 aliphatic heterocycles. The summed E-state index contributed by atoms with van der Waals surface area (Å²) < 4.78 is 10.6. The average molecular weight is 283 g/mol. The summed E-state index contributed by atoms with van der Waals surface area (Å²) in [5.41, 5.74) is 2.41. The monoisotopic (exact) mass is 283 g/mol. The van der Waals surface area contributed by atoms with Gasteiger partial charge in [0.1, 0.15) is 5.82 Å². The van der Waals surface area contributed by atoms with Crippen LogP contribution in [0.4, 0.5) is 5.69 Å². The van der Waals surface area contributed by atoms with Crippen LogP contribution < -0.4 is 9.47 Å². The van der Waals surface area contributed by atoms with E-state index in [1.54, 1.807) is 12.1 Å². The molecule has 3 aromatic rings. The SMILES string of the molecule is O=[N+]([O-])c1ccc(-c2nc3cc4c(cc3[nH]2)OCO4)cc1. The number of hydrogen-bond acceptors (Lipinski definition) is 5. The average Bonchev–Trinajstić information content (AvgIpc) is 3.10. The first kappa shape index (κ1) is 11.7. The van der Waals surface area contributed by atoms with Crippen LogP contribution in [0.3, 0.4) is 0 Å². The van der Waals surface area contributed by atoms with Crippen molar-refractivity contribution in [2.24, 2.45) is 0 Å². The Bertz CT molecular complexity index is 814. The van der Waals surface area contributed by atoms with E-state index in [4.69, 9.17) is 9.47 Å². The smallest absolute Gasteiger partial charge is 0.269 e. The van der Waals surface area contributed by atoms with E-state index in [0.717, 1.165) is 16.6 Å². The quantitative estimate of drug-likeness (QED) is 0.577. The first-order valence-electron chi connectivity index (χ1n) is 6.25. The second-order valence-electron chi connectivity index (χ2n) is 4.61. The summed E-state index contributed by atoms with van der Waals surface area (Å²) in [6.45, 7) is 0.219. The van der Waals surface area contributed by atoms with Crippen LogP contribution in [0.15, 0.2) is 36.4 Å². The van der Waals surface area contributed by atoms with E-state index < -0.39 is 4.92 Å². The zero-order valence-electron chi connectivity index (χ0n) is 10.7. The van der Waals surface area contributed by atoms with Crippen LogP contribution >= 0.6 is 0 Å². The normalized spacial score (nSPS) is 12.8. The number of rotatable bonds is 2. The number of fused-ring (bicyclic) bond motifs is 2. The van der Waals surface area contributed by atoms with Crippen molar-refractivity contribution in [1.82, 2.24) is 9.97 Å². The summed E-state index contributed by atoms with van der Waals surface area (Å²) in [5.74, 6) is 1.99. The minimum Gasteiger partial charge on any atom is -0.454 e. The highest BCUT2D eigenvalue weighted by atomic mass is 16.7. The number of nitro benzene ring substituents is 1. The van der Waals surface area contributed by atoms with Crippen LogP contribution in [0.2, 0.25) is 0 Å². The fourth-order valence-electron chi connectivity index (χ4n) is 2.28. The van der Waals surface area contributed by atoms with Gasteiger partial charge in [-0.25, -0.2) is 4.98 Å². The van der Waals surface area contributed by atoms with Gasteiger partial charge in [0.05, 0.1) is 16.0 Å². The van der Waals surface area contributed by atoms with Crippen molar-refractivity contribution in [2.75, 3.05) is 6.79 Å².